The van der Waals surface area contributed by atoms with E-state index in [2.05, 4.69) is 27.6 Å². The van der Waals surface area contributed by atoms with Gasteiger partial charge >= 0.3 is 0 Å². The third kappa shape index (κ3) is 2.51. The van der Waals surface area contributed by atoms with Crippen molar-refractivity contribution in [2.24, 2.45) is 0 Å². The summed E-state index contributed by atoms with van der Waals surface area (Å²) in [7, 11) is 0. The van der Waals surface area contributed by atoms with Crippen LogP contribution in [0.25, 0.3) is 0 Å². The number of carbonyl (C=O) groups excluding carboxylic acids is 1. The minimum absolute atomic E-state index is 0.0308. The van der Waals surface area contributed by atoms with Gasteiger partial charge in [0.25, 0.3) is 0 Å². The first-order chi connectivity index (χ1) is 9.24. The van der Waals surface area contributed by atoms with Crippen LogP contribution in [0.3, 0.4) is 0 Å². The molecule has 3 rings (SSSR count). The maximum Gasteiger partial charge on any atom is 0.233 e. The van der Waals surface area contributed by atoms with Crippen molar-refractivity contribution >= 4 is 22.4 Å². The monoisotopic (exact) mass is 273 g/mol. The number of fused-ring (bicyclic) bond motifs is 1. The number of aryl methyl sites for hydroxylation is 2. The fourth-order valence-electron chi connectivity index (χ4n) is 2.57. The molecule has 0 bridgehead atoms. The summed E-state index contributed by atoms with van der Waals surface area (Å²) in [5.74, 6) is -0.0301. The van der Waals surface area contributed by atoms with Crippen LogP contribution < -0.4 is 5.32 Å². The zero-order valence-corrected chi connectivity index (χ0v) is 11.5. The van der Waals surface area contributed by atoms with Crippen molar-refractivity contribution in [1.82, 2.24) is 10.2 Å². The summed E-state index contributed by atoms with van der Waals surface area (Å²) in [6, 6.07) is 8.21. The summed E-state index contributed by atoms with van der Waals surface area (Å²) < 4.78 is 0. The standard InChI is InChI=1S/C14H15N3OS/c1-9-16-17-14(19-9)15-13(18)12-8-4-6-10-5-2-3-7-11(10)12/h2-3,5,7,12H,4,6,8H2,1H3,(H,15,17,18)/t12-/m0/s1. The van der Waals surface area contributed by atoms with E-state index in [-0.39, 0.29) is 11.8 Å². The van der Waals surface area contributed by atoms with Crippen LogP contribution in [0.2, 0.25) is 0 Å². The summed E-state index contributed by atoms with van der Waals surface area (Å²) in [6.07, 6.45) is 3.03. The molecule has 4 nitrogen and oxygen atoms in total. The quantitative estimate of drug-likeness (QED) is 0.915. The molecule has 19 heavy (non-hydrogen) atoms. The van der Waals surface area contributed by atoms with Gasteiger partial charge in [-0.3, -0.25) is 10.1 Å². The van der Waals surface area contributed by atoms with E-state index in [0.29, 0.717) is 5.13 Å². The molecule has 0 unspecified atom stereocenters. The van der Waals surface area contributed by atoms with Gasteiger partial charge in [-0.25, -0.2) is 0 Å². The Labute approximate surface area is 115 Å². The molecule has 1 aliphatic carbocycles. The predicted octanol–water partition coefficient (Wildman–Crippen LogP) is 2.91. The molecule has 0 radical (unpaired) electrons. The molecule has 0 fully saturated rings. The van der Waals surface area contributed by atoms with Crippen LogP contribution in [0, 0.1) is 6.92 Å². The normalized spacial score (nSPS) is 17.8. The van der Waals surface area contributed by atoms with Gasteiger partial charge < -0.3 is 0 Å². The first kappa shape index (κ1) is 12.3. The largest absolute Gasteiger partial charge is 0.300 e. The van der Waals surface area contributed by atoms with Crippen LogP contribution in [0.1, 0.15) is 34.9 Å². The Morgan fingerprint density at radius 3 is 3.00 bits per heavy atom. The Morgan fingerprint density at radius 1 is 1.37 bits per heavy atom. The van der Waals surface area contributed by atoms with Gasteiger partial charge in [0.2, 0.25) is 11.0 Å². The molecular weight excluding hydrogens is 258 g/mol. The van der Waals surface area contributed by atoms with Crippen molar-refractivity contribution in [3.63, 3.8) is 0 Å². The lowest BCUT2D eigenvalue weighted by atomic mass is 9.82. The molecule has 0 aliphatic heterocycles. The van der Waals surface area contributed by atoms with E-state index < -0.39 is 0 Å². The first-order valence-corrected chi connectivity index (χ1v) is 7.24. The highest BCUT2D eigenvalue weighted by molar-refractivity contribution is 7.15. The van der Waals surface area contributed by atoms with Gasteiger partial charge in [0, 0.05) is 0 Å². The maximum atomic E-state index is 12.4. The van der Waals surface area contributed by atoms with Crippen molar-refractivity contribution in [3.8, 4) is 0 Å². The van der Waals surface area contributed by atoms with Gasteiger partial charge in [0.1, 0.15) is 5.01 Å². The summed E-state index contributed by atoms with van der Waals surface area (Å²) >= 11 is 1.41. The molecule has 1 aromatic carbocycles. The molecule has 98 valence electrons. The van der Waals surface area contributed by atoms with E-state index in [9.17, 15) is 4.79 Å². The van der Waals surface area contributed by atoms with Crippen LogP contribution in [0.4, 0.5) is 5.13 Å². The average Bonchev–Trinajstić information content (AvgIpc) is 2.83. The fourth-order valence-corrected chi connectivity index (χ4v) is 3.16. The molecule has 2 aromatic rings. The second-order valence-electron chi connectivity index (χ2n) is 4.76. The molecule has 1 aromatic heterocycles. The van der Waals surface area contributed by atoms with E-state index in [1.807, 2.05) is 19.1 Å². The molecule has 1 amide bonds. The molecule has 0 spiro atoms. The number of aromatic nitrogens is 2. The number of anilines is 1. The number of hydrogen-bond acceptors (Lipinski definition) is 4. The molecule has 0 saturated heterocycles. The smallest absolute Gasteiger partial charge is 0.233 e. The van der Waals surface area contributed by atoms with Crippen molar-refractivity contribution in [2.75, 3.05) is 5.32 Å². The lowest BCUT2D eigenvalue weighted by Gasteiger charge is -2.24. The third-order valence-corrected chi connectivity index (χ3v) is 4.20. The molecule has 1 N–H and O–H groups in total. The second-order valence-corrected chi connectivity index (χ2v) is 5.94. The second kappa shape index (κ2) is 5.09. The summed E-state index contributed by atoms with van der Waals surface area (Å²) in [6.45, 7) is 1.88. The highest BCUT2D eigenvalue weighted by Crippen LogP contribution is 2.32. The maximum absolute atomic E-state index is 12.4. The van der Waals surface area contributed by atoms with E-state index in [0.717, 1.165) is 29.8 Å². The van der Waals surface area contributed by atoms with E-state index in [1.54, 1.807) is 0 Å². The topological polar surface area (TPSA) is 54.9 Å². The SMILES string of the molecule is Cc1nnc(NC(=O)[C@H]2CCCc3ccccc32)s1. The zero-order valence-electron chi connectivity index (χ0n) is 10.7. The first-order valence-electron chi connectivity index (χ1n) is 6.43. The Kier molecular flexibility index (Phi) is 3.29. The number of nitrogens with zero attached hydrogens (tertiary/aromatic N) is 2. The minimum atomic E-state index is -0.0610. The minimum Gasteiger partial charge on any atom is -0.300 e. The van der Waals surface area contributed by atoms with Crippen LogP contribution in [-0.2, 0) is 11.2 Å². The predicted molar refractivity (Wildman–Crippen MR) is 75.4 cm³/mol. The summed E-state index contributed by atoms with van der Waals surface area (Å²) in [5, 5.41) is 12.2. The Bertz CT molecular complexity index is 608. The van der Waals surface area contributed by atoms with Gasteiger partial charge in [-0.2, -0.15) is 0 Å². The number of rotatable bonds is 2. The van der Waals surface area contributed by atoms with E-state index >= 15 is 0 Å². The van der Waals surface area contributed by atoms with Gasteiger partial charge in [0.05, 0.1) is 5.92 Å². The number of benzene rings is 1. The fraction of sp³-hybridized carbons (Fsp3) is 0.357. The van der Waals surface area contributed by atoms with Gasteiger partial charge in [-0.05, 0) is 37.3 Å². The highest BCUT2D eigenvalue weighted by Gasteiger charge is 2.26. The van der Waals surface area contributed by atoms with Crippen molar-refractivity contribution < 1.29 is 4.79 Å². The summed E-state index contributed by atoms with van der Waals surface area (Å²) in [5.41, 5.74) is 2.45. The van der Waals surface area contributed by atoms with Crippen LogP contribution in [0.15, 0.2) is 24.3 Å². The number of hydrogen-bond donors (Lipinski definition) is 1. The number of carbonyl (C=O) groups is 1. The molecular formula is C14H15N3OS. The van der Waals surface area contributed by atoms with Crippen molar-refractivity contribution in [1.29, 1.82) is 0 Å². The van der Waals surface area contributed by atoms with Crippen molar-refractivity contribution in [3.05, 3.63) is 40.4 Å². The van der Waals surface area contributed by atoms with E-state index in [1.165, 1.54) is 16.9 Å². The average molecular weight is 273 g/mol. The Hall–Kier alpha value is -1.75. The highest BCUT2D eigenvalue weighted by atomic mass is 32.1. The lowest BCUT2D eigenvalue weighted by molar-refractivity contribution is -0.117. The van der Waals surface area contributed by atoms with Crippen LogP contribution in [0.5, 0.6) is 0 Å². The van der Waals surface area contributed by atoms with Gasteiger partial charge in [-0.15, -0.1) is 10.2 Å². The molecule has 1 heterocycles. The molecule has 5 heteroatoms. The van der Waals surface area contributed by atoms with Crippen molar-refractivity contribution in [2.45, 2.75) is 32.1 Å². The van der Waals surface area contributed by atoms with Gasteiger partial charge in [0.15, 0.2) is 0 Å². The molecule has 1 aliphatic rings. The van der Waals surface area contributed by atoms with Gasteiger partial charge in [-0.1, -0.05) is 35.6 Å². The lowest BCUT2D eigenvalue weighted by Crippen LogP contribution is -2.24. The zero-order chi connectivity index (χ0) is 13.2. The third-order valence-electron chi connectivity index (χ3n) is 3.44. The van der Waals surface area contributed by atoms with Crippen LogP contribution >= 0.6 is 11.3 Å². The molecule has 1 atom stereocenters. The molecule has 0 saturated carbocycles. The van der Waals surface area contributed by atoms with E-state index in [4.69, 9.17) is 0 Å². The van der Waals surface area contributed by atoms with Crippen LogP contribution in [-0.4, -0.2) is 16.1 Å². The Balaban J connectivity index is 1.81. The Morgan fingerprint density at radius 2 is 2.21 bits per heavy atom. The summed E-state index contributed by atoms with van der Waals surface area (Å²) in [4.78, 5) is 12.4. The number of nitrogens with one attached hydrogen (secondary N) is 1. The number of amides is 1.